The first-order valence-corrected chi connectivity index (χ1v) is 6.39. The topological polar surface area (TPSA) is 26.7 Å². The molecule has 0 aromatic heterocycles. The largest absolute Gasteiger partial charge is 0.392 e. The summed E-state index contributed by atoms with van der Waals surface area (Å²) >= 11 is 0. The van der Waals surface area contributed by atoms with Crippen molar-refractivity contribution in [3.8, 4) is 0 Å². The van der Waals surface area contributed by atoms with Gasteiger partial charge in [-0.15, -0.1) is 0 Å². The molecule has 0 radical (unpaired) electrons. The lowest BCUT2D eigenvalue weighted by atomic mass is 10.1. The molecule has 1 unspecified atom stereocenters. The highest BCUT2D eigenvalue weighted by Crippen LogP contribution is 2.20. The van der Waals surface area contributed by atoms with E-state index >= 15 is 0 Å². The van der Waals surface area contributed by atoms with E-state index < -0.39 is 0 Å². The summed E-state index contributed by atoms with van der Waals surface area (Å²) in [4.78, 5) is 4.88. The number of hydrogen-bond donors (Lipinski definition) is 1. The monoisotopic (exact) mass is 234 g/mol. The van der Waals surface area contributed by atoms with E-state index in [1.807, 2.05) is 12.1 Å². The van der Waals surface area contributed by atoms with Crippen LogP contribution in [-0.2, 0) is 6.61 Å². The van der Waals surface area contributed by atoms with Crippen LogP contribution in [0.25, 0.3) is 0 Å². The second-order valence-electron chi connectivity index (χ2n) is 4.81. The first kappa shape index (κ1) is 12.4. The third-order valence-corrected chi connectivity index (χ3v) is 3.73. The van der Waals surface area contributed by atoms with Gasteiger partial charge in [0.25, 0.3) is 0 Å². The lowest BCUT2D eigenvalue weighted by molar-refractivity contribution is 0.213. The van der Waals surface area contributed by atoms with Gasteiger partial charge in [-0.05, 0) is 31.2 Å². The van der Waals surface area contributed by atoms with Crippen LogP contribution >= 0.6 is 0 Å². The van der Waals surface area contributed by atoms with Gasteiger partial charge >= 0.3 is 0 Å². The second-order valence-corrected chi connectivity index (χ2v) is 4.81. The zero-order chi connectivity index (χ0) is 12.3. The zero-order valence-corrected chi connectivity index (χ0v) is 10.8. The molecular weight excluding hydrogens is 212 g/mol. The molecule has 0 aliphatic carbocycles. The molecule has 0 saturated carbocycles. The molecule has 1 N–H and O–H groups in total. The van der Waals surface area contributed by atoms with Gasteiger partial charge in [0.05, 0.1) is 6.61 Å². The average molecular weight is 234 g/mol. The van der Waals surface area contributed by atoms with Gasteiger partial charge in [-0.3, -0.25) is 4.90 Å². The van der Waals surface area contributed by atoms with E-state index in [1.165, 1.54) is 12.1 Å². The number of rotatable bonds is 3. The number of hydrogen-bond acceptors (Lipinski definition) is 3. The van der Waals surface area contributed by atoms with Gasteiger partial charge in [0.2, 0.25) is 0 Å². The SMILES string of the molecule is CCC1CN(c2ccc(CO)cc2)CCN1C. The van der Waals surface area contributed by atoms with Gasteiger partial charge in [-0.25, -0.2) is 0 Å². The van der Waals surface area contributed by atoms with Crippen molar-refractivity contribution in [1.29, 1.82) is 0 Å². The minimum atomic E-state index is 0.126. The zero-order valence-electron chi connectivity index (χ0n) is 10.8. The van der Waals surface area contributed by atoms with Crippen LogP contribution in [0, 0.1) is 0 Å². The van der Waals surface area contributed by atoms with Gasteiger partial charge in [-0.2, -0.15) is 0 Å². The van der Waals surface area contributed by atoms with Crippen LogP contribution in [0.5, 0.6) is 0 Å². The Balaban J connectivity index is 2.06. The molecule has 1 aliphatic heterocycles. The number of anilines is 1. The molecule has 1 fully saturated rings. The molecule has 1 aromatic carbocycles. The van der Waals surface area contributed by atoms with E-state index in [4.69, 9.17) is 5.11 Å². The van der Waals surface area contributed by atoms with Crippen LogP contribution in [0.2, 0.25) is 0 Å². The summed E-state index contributed by atoms with van der Waals surface area (Å²) in [5.74, 6) is 0. The van der Waals surface area contributed by atoms with Crippen molar-refractivity contribution in [2.24, 2.45) is 0 Å². The number of likely N-dealkylation sites (N-methyl/N-ethyl adjacent to an activating group) is 1. The van der Waals surface area contributed by atoms with Crippen molar-refractivity contribution in [1.82, 2.24) is 4.90 Å². The van der Waals surface area contributed by atoms with Gasteiger partial charge in [0, 0.05) is 31.4 Å². The number of nitrogens with zero attached hydrogens (tertiary/aromatic N) is 2. The molecule has 3 heteroatoms. The van der Waals surface area contributed by atoms with Gasteiger partial charge < -0.3 is 10.0 Å². The highest BCUT2D eigenvalue weighted by molar-refractivity contribution is 5.48. The van der Waals surface area contributed by atoms with Crippen molar-refractivity contribution in [3.63, 3.8) is 0 Å². The van der Waals surface area contributed by atoms with Crippen molar-refractivity contribution in [2.75, 3.05) is 31.6 Å². The quantitative estimate of drug-likeness (QED) is 0.862. The number of piperazine rings is 1. The minimum Gasteiger partial charge on any atom is -0.392 e. The van der Waals surface area contributed by atoms with Crippen molar-refractivity contribution >= 4 is 5.69 Å². The van der Waals surface area contributed by atoms with Crippen LogP contribution in [0.15, 0.2) is 24.3 Å². The summed E-state index contributed by atoms with van der Waals surface area (Å²) in [6.45, 7) is 5.69. The Bertz CT molecular complexity index is 350. The lowest BCUT2D eigenvalue weighted by Gasteiger charge is -2.40. The smallest absolute Gasteiger partial charge is 0.0681 e. The molecule has 3 nitrogen and oxygen atoms in total. The molecule has 1 aromatic rings. The first-order chi connectivity index (χ1) is 8.24. The Morgan fingerprint density at radius 3 is 2.53 bits per heavy atom. The van der Waals surface area contributed by atoms with Gasteiger partial charge in [0.1, 0.15) is 0 Å². The van der Waals surface area contributed by atoms with Gasteiger partial charge in [0.15, 0.2) is 0 Å². The predicted octanol–water partition coefficient (Wildman–Crippen LogP) is 1.71. The van der Waals surface area contributed by atoms with E-state index in [0.29, 0.717) is 6.04 Å². The summed E-state index contributed by atoms with van der Waals surface area (Å²) < 4.78 is 0. The third kappa shape index (κ3) is 2.79. The molecule has 2 rings (SSSR count). The maximum atomic E-state index is 9.03. The van der Waals surface area contributed by atoms with Crippen LogP contribution in [0.3, 0.4) is 0 Å². The van der Waals surface area contributed by atoms with E-state index in [1.54, 1.807) is 0 Å². The molecule has 1 heterocycles. The van der Waals surface area contributed by atoms with E-state index in [0.717, 1.165) is 25.2 Å². The molecule has 0 spiro atoms. The van der Waals surface area contributed by atoms with Crippen LogP contribution in [-0.4, -0.2) is 42.7 Å². The fourth-order valence-corrected chi connectivity index (χ4v) is 2.43. The molecule has 1 saturated heterocycles. The van der Waals surface area contributed by atoms with Crippen molar-refractivity contribution < 1.29 is 5.11 Å². The summed E-state index contributed by atoms with van der Waals surface area (Å²) in [5, 5.41) is 9.03. The molecule has 1 aliphatic rings. The standard InChI is InChI=1S/C14H22N2O/c1-3-13-10-16(9-8-15(13)2)14-6-4-12(11-17)5-7-14/h4-7,13,17H,3,8-11H2,1-2H3. The van der Waals surface area contributed by atoms with Crippen LogP contribution in [0.1, 0.15) is 18.9 Å². The molecule has 94 valence electrons. The Hall–Kier alpha value is -1.06. The maximum Gasteiger partial charge on any atom is 0.0681 e. The van der Waals surface area contributed by atoms with E-state index in [2.05, 4.69) is 35.9 Å². The highest BCUT2D eigenvalue weighted by Gasteiger charge is 2.22. The van der Waals surface area contributed by atoms with Gasteiger partial charge in [-0.1, -0.05) is 19.1 Å². The van der Waals surface area contributed by atoms with Crippen molar-refractivity contribution in [3.05, 3.63) is 29.8 Å². The molecule has 1 atom stereocenters. The first-order valence-electron chi connectivity index (χ1n) is 6.39. The number of benzene rings is 1. The highest BCUT2D eigenvalue weighted by atomic mass is 16.3. The van der Waals surface area contributed by atoms with E-state index in [-0.39, 0.29) is 6.61 Å². The fourth-order valence-electron chi connectivity index (χ4n) is 2.43. The Kier molecular flexibility index (Phi) is 4.02. The Morgan fingerprint density at radius 2 is 1.94 bits per heavy atom. The Labute approximate surface area is 104 Å². The van der Waals surface area contributed by atoms with Crippen LogP contribution in [0.4, 0.5) is 5.69 Å². The summed E-state index contributed by atoms with van der Waals surface area (Å²) in [5.41, 5.74) is 2.25. The third-order valence-electron chi connectivity index (χ3n) is 3.73. The van der Waals surface area contributed by atoms with Crippen molar-refractivity contribution in [2.45, 2.75) is 26.0 Å². The second kappa shape index (κ2) is 5.52. The lowest BCUT2D eigenvalue weighted by Crippen LogP contribution is -2.51. The van der Waals surface area contributed by atoms with E-state index in [9.17, 15) is 0 Å². The molecule has 17 heavy (non-hydrogen) atoms. The average Bonchev–Trinajstić information content (AvgIpc) is 2.39. The summed E-state index contributed by atoms with van der Waals surface area (Å²) in [7, 11) is 2.21. The van der Waals surface area contributed by atoms with Crippen LogP contribution < -0.4 is 4.90 Å². The predicted molar refractivity (Wildman–Crippen MR) is 71.3 cm³/mol. The number of aliphatic hydroxyl groups is 1. The number of aliphatic hydroxyl groups excluding tert-OH is 1. The molecular formula is C14H22N2O. The normalized spacial score (nSPS) is 21.8. The maximum absolute atomic E-state index is 9.03. The molecule has 0 bridgehead atoms. The Morgan fingerprint density at radius 1 is 1.24 bits per heavy atom. The minimum absolute atomic E-state index is 0.126. The summed E-state index contributed by atoms with van der Waals surface area (Å²) in [6, 6.07) is 8.90. The fraction of sp³-hybridized carbons (Fsp3) is 0.571. The summed E-state index contributed by atoms with van der Waals surface area (Å²) in [6.07, 6.45) is 1.20. The molecule has 0 amide bonds.